The summed E-state index contributed by atoms with van der Waals surface area (Å²) in [5.74, 6) is -0.339. The van der Waals surface area contributed by atoms with Gasteiger partial charge in [-0.25, -0.2) is 0 Å². The normalized spacial score (nSPS) is 17.9. The van der Waals surface area contributed by atoms with Gasteiger partial charge in [0.15, 0.2) is 0 Å². The maximum Gasteiger partial charge on any atom is 0.417 e. The number of halogens is 9. The van der Waals surface area contributed by atoms with Crippen molar-refractivity contribution >= 4 is 0 Å². The minimum absolute atomic E-state index is 0.0227. The van der Waals surface area contributed by atoms with Crippen LogP contribution in [0.4, 0.5) is 39.5 Å². The van der Waals surface area contributed by atoms with Crippen molar-refractivity contribution in [3.05, 3.63) is 34.4 Å². The summed E-state index contributed by atoms with van der Waals surface area (Å²) in [4.78, 5) is 0. The van der Waals surface area contributed by atoms with E-state index >= 15 is 0 Å². The molecule has 0 bridgehead atoms. The highest BCUT2D eigenvalue weighted by molar-refractivity contribution is 5.45. The Hall–Kier alpha value is -1.45. The van der Waals surface area contributed by atoms with Crippen LogP contribution in [0.15, 0.2) is 12.1 Å². The summed E-state index contributed by atoms with van der Waals surface area (Å²) in [5, 5.41) is 2.48. The largest absolute Gasteiger partial charge is 0.417 e. The molecule has 1 aromatic carbocycles. The van der Waals surface area contributed by atoms with Crippen molar-refractivity contribution in [2.24, 2.45) is 5.92 Å². The van der Waals surface area contributed by atoms with Gasteiger partial charge in [-0.1, -0.05) is 0 Å². The van der Waals surface area contributed by atoms with Crippen molar-refractivity contribution in [2.75, 3.05) is 7.05 Å². The molecule has 1 nitrogen and oxygen atoms in total. The molecule has 1 aromatic rings. The fourth-order valence-corrected chi connectivity index (χ4v) is 2.66. The van der Waals surface area contributed by atoms with E-state index in [-0.39, 0.29) is 12.0 Å². The highest BCUT2D eigenvalue weighted by Crippen LogP contribution is 2.49. The van der Waals surface area contributed by atoms with E-state index in [1.807, 2.05) is 0 Å². The average molecular weight is 365 g/mol. The van der Waals surface area contributed by atoms with Crippen LogP contribution in [0.1, 0.15) is 41.1 Å². The van der Waals surface area contributed by atoms with Gasteiger partial charge in [0.1, 0.15) is 0 Å². The summed E-state index contributed by atoms with van der Waals surface area (Å²) in [6.45, 7) is 0. The minimum atomic E-state index is -5.56. The molecule has 136 valence electrons. The van der Waals surface area contributed by atoms with Gasteiger partial charge in [0.25, 0.3) is 0 Å². The van der Waals surface area contributed by atoms with Gasteiger partial charge < -0.3 is 5.32 Å². The molecule has 0 spiro atoms. The first-order chi connectivity index (χ1) is 10.8. The molecule has 10 heteroatoms. The summed E-state index contributed by atoms with van der Waals surface area (Å²) in [6.07, 6.45) is -15.2. The zero-order valence-electron chi connectivity index (χ0n) is 12.1. The van der Waals surface area contributed by atoms with Gasteiger partial charge >= 0.3 is 18.5 Å². The third-order valence-corrected chi connectivity index (χ3v) is 3.85. The van der Waals surface area contributed by atoms with E-state index in [2.05, 4.69) is 5.32 Å². The second-order valence-electron chi connectivity index (χ2n) is 5.58. The Labute approximate surface area is 130 Å². The standard InChI is InChI=1S/C14H12F9N/c1-24-11(6-2-3-6)7-4-9(13(18,19)20)10(14(21,22)23)5-8(7)12(15,16)17/h4-6,11,24H,2-3H2,1H3. The maximum atomic E-state index is 13.1. The molecular formula is C14H12F9N. The molecule has 1 aliphatic rings. The van der Waals surface area contributed by atoms with Crippen molar-refractivity contribution in [3.63, 3.8) is 0 Å². The Morgan fingerprint density at radius 1 is 0.792 bits per heavy atom. The van der Waals surface area contributed by atoms with Crippen LogP contribution in [-0.2, 0) is 18.5 Å². The van der Waals surface area contributed by atoms with Crippen LogP contribution in [0.2, 0.25) is 0 Å². The molecule has 0 amide bonds. The van der Waals surface area contributed by atoms with Crippen LogP contribution in [0, 0.1) is 5.92 Å². The van der Waals surface area contributed by atoms with Crippen molar-refractivity contribution in [1.29, 1.82) is 0 Å². The fourth-order valence-electron chi connectivity index (χ4n) is 2.66. The number of hydrogen-bond acceptors (Lipinski definition) is 1. The second kappa shape index (κ2) is 5.82. The van der Waals surface area contributed by atoms with Crippen LogP contribution in [0.25, 0.3) is 0 Å². The van der Waals surface area contributed by atoms with E-state index in [1.165, 1.54) is 7.05 Å². The Bertz CT molecular complexity index is 608. The molecule has 0 aromatic heterocycles. The zero-order chi connectivity index (χ0) is 18.5. The molecule has 1 saturated carbocycles. The van der Waals surface area contributed by atoms with E-state index in [0.29, 0.717) is 12.8 Å². The first-order valence-corrected chi connectivity index (χ1v) is 6.83. The van der Waals surface area contributed by atoms with Crippen LogP contribution in [-0.4, -0.2) is 7.05 Å². The highest BCUT2D eigenvalue weighted by atomic mass is 19.4. The summed E-state index contributed by atoms with van der Waals surface area (Å²) >= 11 is 0. The molecule has 0 heterocycles. The Morgan fingerprint density at radius 3 is 1.54 bits per heavy atom. The van der Waals surface area contributed by atoms with Gasteiger partial charge in [0, 0.05) is 6.04 Å². The summed E-state index contributed by atoms with van der Waals surface area (Å²) in [5.41, 5.74) is -6.96. The van der Waals surface area contributed by atoms with Crippen molar-refractivity contribution in [1.82, 2.24) is 5.32 Å². The molecule has 1 aliphatic carbocycles. The quantitative estimate of drug-likeness (QED) is 0.706. The number of nitrogens with one attached hydrogen (secondary N) is 1. The molecular weight excluding hydrogens is 353 g/mol. The average Bonchev–Trinajstić information content (AvgIpc) is 3.20. The Kier molecular flexibility index (Phi) is 4.58. The van der Waals surface area contributed by atoms with Crippen LogP contribution in [0.3, 0.4) is 0 Å². The Balaban J connectivity index is 2.77. The minimum Gasteiger partial charge on any atom is -0.313 e. The van der Waals surface area contributed by atoms with Gasteiger partial charge in [-0.05, 0) is 43.5 Å². The summed E-state index contributed by atoms with van der Waals surface area (Å²) in [6, 6.07) is -1.55. The van der Waals surface area contributed by atoms with E-state index < -0.39 is 52.9 Å². The predicted octanol–water partition coefficient (Wildman–Crippen LogP) is 5.41. The van der Waals surface area contributed by atoms with Crippen LogP contribution in [0.5, 0.6) is 0 Å². The Morgan fingerprint density at radius 2 is 1.21 bits per heavy atom. The lowest BCUT2D eigenvalue weighted by molar-refractivity contribution is -0.163. The molecule has 0 saturated heterocycles. The van der Waals surface area contributed by atoms with E-state index in [4.69, 9.17) is 0 Å². The van der Waals surface area contributed by atoms with E-state index in [1.54, 1.807) is 0 Å². The highest BCUT2D eigenvalue weighted by Gasteiger charge is 2.48. The maximum absolute atomic E-state index is 13.1. The molecule has 0 radical (unpaired) electrons. The lowest BCUT2D eigenvalue weighted by atomic mass is 9.91. The molecule has 2 rings (SSSR count). The number of benzene rings is 1. The summed E-state index contributed by atoms with van der Waals surface area (Å²) < 4.78 is 117. The van der Waals surface area contributed by atoms with Crippen molar-refractivity contribution in [2.45, 2.75) is 37.4 Å². The van der Waals surface area contributed by atoms with Gasteiger partial charge in [0.05, 0.1) is 16.7 Å². The number of hydrogen-bond donors (Lipinski definition) is 1. The van der Waals surface area contributed by atoms with Gasteiger partial charge in [0.2, 0.25) is 0 Å². The SMILES string of the molecule is CNC(c1cc(C(F)(F)F)c(C(F)(F)F)cc1C(F)(F)F)C1CC1. The third kappa shape index (κ3) is 3.79. The number of alkyl halides is 9. The topological polar surface area (TPSA) is 12.0 Å². The number of rotatable bonds is 3. The third-order valence-electron chi connectivity index (χ3n) is 3.85. The van der Waals surface area contributed by atoms with Gasteiger partial charge in [-0.3, -0.25) is 0 Å². The van der Waals surface area contributed by atoms with Gasteiger partial charge in [-0.2, -0.15) is 39.5 Å². The second-order valence-corrected chi connectivity index (χ2v) is 5.58. The molecule has 1 atom stereocenters. The smallest absolute Gasteiger partial charge is 0.313 e. The molecule has 1 fully saturated rings. The summed E-state index contributed by atoms with van der Waals surface area (Å²) in [7, 11) is 1.26. The monoisotopic (exact) mass is 365 g/mol. The van der Waals surface area contributed by atoms with Crippen molar-refractivity contribution < 1.29 is 39.5 Å². The zero-order valence-corrected chi connectivity index (χ0v) is 12.1. The van der Waals surface area contributed by atoms with E-state index in [9.17, 15) is 39.5 Å². The molecule has 24 heavy (non-hydrogen) atoms. The fraction of sp³-hybridized carbons (Fsp3) is 0.571. The van der Waals surface area contributed by atoms with E-state index in [0.717, 1.165) is 0 Å². The van der Waals surface area contributed by atoms with Crippen LogP contribution >= 0.6 is 0 Å². The van der Waals surface area contributed by atoms with Crippen LogP contribution < -0.4 is 5.32 Å². The molecule has 0 aliphatic heterocycles. The van der Waals surface area contributed by atoms with Gasteiger partial charge in [-0.15, -0.1) is 0 Å². The first kappa shape index (κ1) is 18.9. The lowest BCUT2D eigenvalue weighted by Crippen LogP contribution is -2.26. The first-order valence-electron chi connectivity index (χ1n) is 6.83. The predicted molar refractivity (Wildman–Crippen MR) is 66.0 cm³/mol. The lowest BCUT2D eigenvalue weighted by Gasteiger charge is -2.25. The molecule has 1 N–H and O–H groups in total. The molecule has 1 unspecified atom stereocenters. The van der Waals surface area contributed by atoms with Crippen molar-refractivity contribution in [3.8, 4) is 0 Å².